The van der Waals surface area contributed by atoms with Gasteiger partial charge in [-0.1, -0.05) is 81.4 Å². The van der Waals surface area contributed by atoms with Crippen LogP contribution >= 0.6 is 10.3 Å². The van der Waals surface area contributed by atoms with Crippen LogP contribution in [0.1, 0.15) is 31.9 Å². The van der Waals surface area contributed by atoms with Gasteiger partial charge in [0.05, 0.1) is 5.56 Å². The van der Waals surface area contributed by atoms with E-state index in [0.717, 1.165) is 23.8 Å². The van der Waals surface area contributed by atoms with Crippen molar-refractivity contribution in [2.75, 3.05) is 0 Å². The monoisotopic (exact) mass is 544 g/mol. The number of benzene rings is 4. The molecule has 0 aliphatic carbocycles. The second-order valence-corrected chi connectivity index (χ2v) is 13.9. The highest BCUT2D eigenvalue weighted by Gasteiger charge is 2.42. The van der Waals surface area contributed by atoms with Crippen molar-refractivity contribution in [1.29, 1.82) is 0 Å². The standard InChI is InChI=1S/C29H27F3O3S2/c1-28(2,3)22-18-20-25(21-19-22)36(23-12-6-4-7-13-23,24-14-8-5-9-15-24)35-37(33,34)27-17-11-10-16-26(27)29(30,31)32/h4-21H,1-3H3. The van der Waals surface area contributed by atoms with Crippen LogP contribution in [0.25, 0.3) is 0 Å². The Labute approximate surface area is 217 Å². The molecular formula is C29H27F3O3S2. The molecule has 0 heterocycles. The molecule has 0 N–H and O–H groups in total. The minimum Gasteiger partial charge on any atom is -0.203 e. The topological polar surface area (TPSA) is 43.4 Å². The fourth-order valence-electron chi connectivity index (χ4n) is 3.99. The van der Waals surface area contributed by atoms with Crippen LogP contribution in [-0.4, -0.2) is 8.42 Å². The maximum atomic E-state index is 13.8. The van der Waals surface area contributed by atoms with Gasteiger partial charge in [-0.05, 0) is 69.8 Å². The first kappa shape index (κ1) is 27.0. The third-order valence-corrected chi connectivity index (χ3v) is 11.1. The zero-order valence-corrected chi connectivity index (χ0v) is 22.2. The summed E-state index contributed by atoms with van der Waals surface area (Å²) in [5, 5.41) is 0. The molecule has 8 heteroatoms. The summed E-state index contributed by atoms with van der Waals surface area (Å²) in [6.45, 7) is 6.18. The molecule has 0 atom stereocenters. The number of hydrogen-bond acceptors (Lipinski definition) is 3. The quantitative estimate of drug-likeness (QED) is 0.244. The smallest absolute Gasteiger partial charge is 0.203 e. The van der Waals surface area contributed by atoms with Gasteiger partial charge in [0.2, 0.25) is 0 Å². The molecule has 4 aromatic carbocycles. The molecule has 4 rings (SSSR count). The minimum absolute atomic E-state index is 0.158. The normalized spacial score (nSPS) is 13.4. The molecule has 0 bridgehead atoms. The van der Waals surface area contributed by atoms with Crippen LogP contribution in [0.4, 0.5) is 13.2 Å². The van der Waals surface area contributed by atoms with Crippen molar-refractivity contribution in [3.63, 3.8) is 0 Å². The molecule has 0 aromatic heterocycles. The minimum atomic E-state index is -4.90. The van der Waals surface area contributed by atoms with E-state index in [1.54, 1.807) is 72.8 Å². The first-order valence-corrected chi connectivity index (χ1v) is 14.5. The van der Waals surface area contributed by atoms with Crippen LogP contribution < -0.4 is 0 Å². The van der Waals surface area contributed by atoms with Gasteiger partial charge in [0.15, 0.2) is 0 Å². The third kappa shape index (κ3) is 5.46. The molecule has 0 amide bonds. The lowest BCUT2D eigenvalue weighted by molar-refractivity contribution is -0.139. The van der Waals surface area contributed by atoms with Crippen molar-refractivity contribution < 1.29 is 25.2 Å². The van der Waals surface area contributed by atoms with Crippen LogP contribution in [0.2, 0.25) is 0 Å². The van der Waals surface area contributed by atoms with Gasteiger partial charge in [-0.3, -0.25) is 0 Å². The zero-order chi connectivity index (χ0) is 26.9. The third-order valence-electron chi connectivity index (χ3n) is 5.86. The van der Waals surface area contributed by atoms with Crippen LogP contribution in [0, 0.1) is 0 Å². The number of halogens is 3. The molecule has 0 aliphatic heterocycles. The Morgan fingerprint density at radius 2 is 1.03 bits per heavy atom. The molecule has 3 nitrogen and oxygen atoms in total. The van der Waals surface area contributed by atoms with E-state index in [0.29, 0.717) is 14.7 Å². The summed E-state index contributed by atoms with van der Waals surface area (Å²) in [5.74, 6) is 0. The predicted molar refractivity (Wildman–Crippen MR) is 140 cm³/mol. The fourth-order valence-corrected chi connectivity index (χ4v) is 9.41. The molecule has 194 valence electrons. The highest BCUT2D eigenvalue weighted by atomic mass is 32.3. The largest absolute Gasteiger partial charge is 0.417 e. The Morgan fingerprint density at radius 3 is 1.49 bits per heavy atom. The van der Waals surface area contributed by atoms with Crippen molar-refractivity contribution >= 4 is 20.4 Å². The van der Waals surface area contributed by atoms with Crippen molar-refractivity contribution in [3.8, 4) is 0 Å². The highest BCUT2D eigenvalue weighted by molar-refractivity contribution is 8.33. The maximum Gasteiger partial charge on any atom is 0.417 e. The van der Waals surface area contributed by atoms with E-state index in [-0.39, 0.29) is 5.41 Å². The van der Waals surface area contributed by atoms with Gasteiger partial charge in [-0.2, -0.15) is 21.6 Å². The van der Waals surface area contributed by atoms with Crippen LogP contribution in [0.5, 0.6) is 0 Å². The molecule has 0 saturated carbocycles. The van der Waals surface area contributed by atoms with Crippen molar-refractivity contribution in [3.05, 3.63) is 120 Å². The number of hydrogen-bond donors (Lipinski definition) is 0. The Bertz CT molecular complexity index is 1420. The van der Waals surface area contributed by atoms with E-state index < -0.39 is 37.1 Å². The molecule has 0 aliphatic rings. The first-order valence-electron chi connectivity index (χ1n) is 11.5. The summed E-state index contributed by atoms with van der Waals surface area (Å²) in [5.41, 5.74) is -0.405. The van der Waals surface area contributed by atoms with Crippen molar-refractivity contribution in [2.45, 2.75) is 51.9 Å². The molecule has 0 radical (unpaired) electrons. The van der Waals surface area contributed by atoms with Gasteiger partial charge in [0, 0.05) is 14.7 Å². The second-order valence-electron chi connectivity index (χ2n) is 9.47. The fraction of sp³-hybridized carbons (Fsp3) is 0.172. The molecular weight excluding hydrogens is 517 g/mol. The average molecular weight is 545 g/mol. The Kier molecular flexibility index (Phi) is 7.29. The maximum absolute atomic E-state index is 13.8. The Balaban J connectivity index is 2.02. The lowest BCUT2D eigenvalue weighted by Gasteiger charge is -2.39. The van der Waals surface area contributed by atoms with E-state index in [2.05, 4.69) is 20.8 Å². The molecule has 0 spiro atoms. The van der Waals surface area contributed by atoms with Gasteiger partial charge in [0.1, 0.15) is 4.90 Å². The van der Waals surface area contributed by atoms with E-state index in [1.165, 1.54) is 6.07 Å². The van der Waals surface area contributed by atoms with E-state index in [9.17, 15) is 21.6 Å². The van der Waals surface area contributed by atoms with Gasteiger partial charge in [-0.25, -0.2) is 3.63 Å². The highest BCUT2D eigenvalue weighted by Crippen LogP contribution is 2.70. The lowest BCUT2D eigenvalue weighted by Crippen LogP contribution is -2.18. The van der Waals surface area contributed by atoms with Crippen LogP contribution in [0.15, 0.2) is 129 Å². The number of rotatable bonds is 6. The molecule has 0 saturated heterocycles. The molecule has 37 heavy (non-hydrogen) atoms. The van der Waals surface area contributed by atoms with Crippen LogP contribution in [0.3, 0.4) is 0 Å². The van der Waals surface area contributed by atoms with E-state index in [1.807, 2.05) is 12.1 Å². The van der Waals surface area contributed by atoms with Gasteiger partial charge < -0.3 is 0 Å². The van der Waals surface area contributed by atoms with Gasteiger partial charge in [-0.15, -0.1) is 0 Å². The Hall–Kier alpha value is -3.07. The molecule has 4 aromatic rings. The second kappa shape index (κ2) is 10.0. The lowest BCUT2D eigenvalue weighted by atomic mass is 9.87. The van der Waals surface area contributed by atoms with Crippen LogP contribution in [-0.2, 0) is 25.3 Å². The average Bonchev–Trinajstić information content (AvgIpc) is 2.87. The van der Waals surface area contributed by atoms with E-state index in [4.69, 9.17) is 3.63 Å². The summed E-state index contributed by atoms with van der Waals surface area (Å²) in [6, 6.07) is 29.1. The summed E-state index contributed by atoms with van der Waals surface area (Å²) < 4.78 is 75.1. The zero-order valence-electron chi connectivity index (χ0n) is 20.6. The predicted octanol–water partition coefficient (Wildman–Crippen LogP) is 8.61. The molecule has 0 fully saturated rings. The summed E-state index contributed by atoms with van der Waals surface area (Å²) >= 11 is 0. The van der Waals surface area contributed by atoms with Gasteiger partial charge >= 0.3 is 16.3 Å². The summed E-state index contributed by atoms with van der Waals surface area (Å²) in [6.07, 6.45) is -4.88. The Morgan fingerprint density at radius 1 is 0.595 bits per heavy atom. The van der Waals surface area contributed by atoms with E-state index >= 15 is 0 Å². The van der Waals surface area contributed by atoms with Crippen molar-refractivity contribution in [2.24, 2.45) is 0 Å². The van der Waals surface area contributed by atoms with Gasteiger partial charge in [0.25, 0.3) is 0 Å². The SMILES string of the molecule is CC(C)(C)c1ccc(S(OS(=O)(=O)c2ccccc2C(F)(F)F)(c2ccccc2)c2ccccc2)cc1. The first-order chi connectivity index (χ1) is 17.4. The number of alkyl halides is 3. The van der Waals surface area contributed by atoms with Crippen molar-refractivity contribution in [1.82, 2.24) is 0 Å². The summed E-state index contributed by atoms with van der Waals surface area (Å²) in [7, 11) is -7.92. The summed E-state index contributed by atoms with van der Waals surface area (Å²) in [4.78, 5) is 0.707. The molecule has 0 unspecified atom stereocenters.